The van der Waals surface area contributed by atoms with E-state index in [0.29, 0.717) is 11.8 Å². The highest BCUT2D eigenvalue weighted by Crippen LogP contribution is 2.69. The molecule has 6 atom stereocenters. The Bertz CT molecular complexity index is 2780. The van der Waals surface area contributed by atoms with E-state index in [1.807, 2.05) is 0 Å². The minimum Gasteiger partial charge on any atom is -0.310 e. The highest BCUT2D eigenvalue weighted by molar-refractivity contribution is 5.91. The summed E-state index contributed by atoms with van der Waals surface area (Å²) < 4.78 is 0. The van der Waals surface area contributed by atoms with Gasteiger partial charge < -0.3 is 4.90 Å². The SMILES string of the molecule is C[C@H]1C2CCC3CC(C2)CC1C31c2ccccc2-c2ccc(N(c3ccc(-c4ccc5ccccc5c4)cc3)c3ccc4c(c3)-c3ccccc3C43CCCC3)cc21. The third kappa shape index (κ3) is 4.49. The van der Waals surface area contributed by atoms with Crippen LogP contribution in [0.15, 0.2) is 152 Å². The van der Waals surface area contributed by atoms with Crippen LogP contribution in [0, 0.1) is 29.6 Å². The molecule has 0 radical (unpaired) electrons. The molecule has 58 heavy (non-hydrogen) atoms. The van der Waals surface area contributed by atoms with Crippen molar-refractivity contribution < 1.29 is 0 Å². The van der Waals surface area contributed by atoms with Crippen LogP contribution in [0.4, 0.5) is 17.1 Å². The van der Waals surface area contributed by atoms with Crippen LogP contribution in [0.3, 0.4) is 0 Å². The lowest BCUT2D eigenvalue weighted by molar-refractivity contribution is 0.0174. The molecule has 7 aromatic carbocycles. The molecule has 2 spiro atoms. The molecule has 0 aliphatic heterocycles. The second-order valence-electron chi connectivity index (χ2n) is 19.2. The molecule has 0 aromatic heterocycles. The van der Waals surface area contributed by atoms with E-state index in [4.69, 9.17) is 0 Å². The molecule has 5 fully saturated rings. The summed E-state index contributed by atoms with van der Waals surface area (Å²) in [6.07, 6.45) is 12.2. The molecule has 14 rings (SSSR count). The van der Waals surface area contributed by atoms with Crippen molar-refractivity contribution in [3.8, 4) is 33.4 Å². The van der Waals surface area contributed by atoms with Gasteiger partial charge in [0, 0.05) is 27.9 Å². The Morgan fingerprint density at radius 2 is 1.14 bits per heavy atom. The minimum absolute atomic E-state index is 0.0877. The van der Waals surface area contributed by atoms with E-state index in [1.165, 1.54) is 119 Å². The first-order valence-corrected chi connectivity index (χ1v) is 22.5. The van der Waals surface area contributed by atoms with Gasteiger partial charge in [-0.15, -0.1) is 0 Å². The van der Waals surface area contributed by atoms with E-state index in [-0.39, 0.29) is 10.8 Å². The topological polar surface area (TPSA) is 3.24 Å². The van der Waals surface area contributed by atoms with Crippen LogP contribution < -0.4 is 4.90 Å². The third-order valence-electron chi connectivity index (χ3n) is 16.9. The van der Waals surface area contributed by atoms with Gasteiger partial charge in [0.15, 0.2) is 0 Å². The van der Waals surface area contributed by atoms with Gasteiger partial charge in [-0.2, -0.15) is 0 Å². The first-order chi connectivity index (χ1) is 28.6. The van der Waals surface area contributed by atoms with E-state index < -0.39 is 0 Å². The van der Waals surface area contributed by atoms with Crippen LogP contribution in [0.2, 0.25) is 0 Å². The average molecular weight is 750 g/mol. The standard InChI is InChI=1S/C57H51N/c1-36-40-18-21-43-31-37(30-40)32-54(36)57(43)53-15-7-5-12-47(53)49-26-24-46(35-55(49)57)58(44-22-19-39(20-23-44)42-17-16-38-10-2-3-11-41(38)33-42)45-25-27-52-50(34-45)48-13-4-6-14-51(48)56(52)28-8-9-29-56/h2-7,10-17,19-20,22-27,33-37,40,43,54H,8-9,18,21,28-32H2,1H3/t36-,37?,40?,43?,54?,57?/m0/s1. The summed E-state index contributed by atoms with van der Waals surface area (Å²) in [5.41, 5.74) is 18.7. The van der Waals surface area contributed by atoms with Crippen molar-refractivity contribution in [2.24, 2.45) is 29.6 Å². The zero-order valence-electron chi connectivity index (χ0n) is 33.6. The molecular formula is C57H51N. The van der Waals surface area contributed by atoms with E-state index in [1.54, 1.807) is 22.3 Å². The van der Waals surface area contributed by atoms with Crippen molar-refractivity contribution in [2.75, 3.05) is 4.90 Å². The summed E-state index contributed by atoms with van der Waals surface area (Å²) in [6.45, 7) is 2.63. The number of anilines is 3. The lowest BCUT2D eigenvalue weighted by Gasteiger charge is -2.55. The largest absolute Gasteiger partial charge is 0.310 e. The number of rotatable bonds is 4. The van der Waals surface area contributed by atoms with Crippen molar-refractivity contribution in [1.29, 1.82) is 0 Å². The van der Waals surface area contributed by atoms with Crippen LogP contribution in [0.1, 0.15) is 87.0 Å². The Labute approximate surface area is 343 Å². The molecule has 7 aromatic rings. The summed E-state index contributed by atoms with van der Waals surface area (Å²) in [7, 11) is 0. The molecule has 7 aliphatic carbocycles. The molecule has 7 aliphatic rings. The van der Waals surface area contributed by atoms with Crippen molar-refractivity contribution in [3.63, 3.8) is 0 Å². The Balaban J connectivity index is 1.00. The highest BCUT2D eigenvalue weighted by atomic mass is 15.1. The fourth-order valence-corrected chi connectivity index (χ4v) is 14.5. The lowest BCUT2D eigenvalue weighted by Crippen LogP contribution is -2.51. The maximum atomic E-state index is 2.68. The van der Waals surface area contributed by atoms with Crippen LogP contribution in [0.25, 0.3) is 44.2 Å². The van der Waals surface area contributed by atoms with Crippen molar-refractivity contribution in [2.45, 2.75) is 75.5 Å². The van der Waals surface area contributed by atoms with Gasteiger partial charge in [0.25, 0.3) is 0 Å². The maximum Gasteiger partial charge on any atom is 0.0468 e. The molecule has 4 bridgehead atoms. The number of fused-ring (bicyclic) bond motifs is 10. The fraction of sp³-hybridized carbons (Fsp3) is 0.298. The van der Waals surface area contributed by atoms with Gasteiger partial charge in [-0.05, 0) is 183 Å². The van der Waals surface area contributed by atoms with Gasteiger partial charge in [0.2, 0.25) is 0 Å². The number of hydrogen-bond donors (Lipinski definition) is 0. The van der Waals surface area contributed by atoms with Crippen LogP contribution in [0.5, 0.6) is 0 Å². The zero-order chi connectivity index (χ0) is 38.2. The monoisotopic (exact) mass is 749 g/mol. The predicted octanol–water partition coefficient (Wildman–Crippen LogP) is 15.2. The molecule has 284 valence electrons. The number of hydrogen-bond acceptors (Lipinski definition) is 1. The smallest absolute Gasteiger partial charge is 0.0468 e. The molecule has 1 heteroatoms. The van der Waals surface area contributed by atoms with Gasteiger partial charge >= 0.3 is 0 Å². The zero-order valence-corrected chi connectivity index (χ0v) is 33.6. The average Bonchev–Trinajstić information content (AvgIpc) is 3.90. The summed E-state index contributed by atoms with van der Waals surface area (Å²) in [5, 5.41) is 2.57. The summed E-state index contributed by atoms with van der Waals surface area (Å²) >= 11 is 0. The Morgan fingerprint density at radius 3 is 1.98 bits per heavy atom. The molecule has 1 nitrogen and oxygen atoms in total. The summed E-state index contributed by atoms with van der Waals surface area (Å²) in [4.78, 5) is 2.59. The van der Waals surface area contributed by atoms with Crippen LogP contribution in [-0.4, -0.2) is 0 Å². The van der Waals surface area contributed by atoms with Crippen LogP contribution in [-0.2, 0) is 10.8 Å². The number of nitrogens with zero attached hydrogens (tertiary/aromatic N) is 1. The van der Waals surface area contributed by atoms with Gasteiger partial charge in [-0.1, -0.05) is 129 Å². The Morgan fingerprint density at radius 1 is 0.483 bits per heavy atom. The quantitative estimate of drug-likeness (QED) is 0.173. The molecule has 5 unspecified atom stereocenters. The predicted molar refractivity (Wildman–Crippen MR) is 241 cm³/mol. The van der Waals surface area contributed by atoms with E-state index in [2.05, 4.69) is 163 Å². The lowest BCUT2D eigenvalue weighted by atomic mass is 9.48. The first-order valence-electron chi connectivity index (χ1n) is 22.5. The van der Waals surface area contributed by atoms with Crippen molar-refractivity contribution in [3.05, 3.63) is 174 Å². The van der Waals surface area contributed by atoms with Gasteiger partial charge in [-0.25, -0.2) is 0 Å². The minimum atomic E-state index is 0.0877. The summed E-state index contributed by atoms with van der Waals surface area (Å²) in [5.74, 6) is 3.94. The summed E-state index contributed by atoms with van der Waals surface area (Å²) in [6, 6.07) is 59.1. The Hall–Kier alpha value is -5.40. The fourth-order valence-electron chi connectivity index (χ4n) is 14.5. The van der Waals surface area contributed by atoms with Gasteiger partial charge in [0.1, 0.15) is 0 Å². The molecule has 0 amide bonds. The molecule has 0 heterocycles. The molecule has 0 N–H and O–H groups in total. The maximum absolute atomic E-state index is 2.68. The molecular weight excluding hydrogens is 699 g/mol. The van der Waals surface area contributed by atoms with E-state index in [9.17, 15) is 0 Å². The van der Waals surface area contributed by atoms with Crippen molar-refractivity contribution >= 4 is 27.8 Å². The first kappa shape index (κ1) is 33.6. The van der Waals surface area contributed by atoms with E-state index in [0.717, 1.165) is 17.8 Å². The molecule has 0 saturated heterocycles. The third-order valence-corrected chi connectivity index (χ3v) is 16.9. The van der Waals surface area contributed by atoms with Crippen molar-refractivity contribution in [1.82, 2.24) is 0 Å². The normalized spacial score (nSPS) is 26.5. The van der Waals surface area contributed by atoms with Gasteiger partial charge in [0.05, 0.1) is 0 Å². The second-order valence-corrected chi connectivity index (χ2v) is 19.2. The molecule has 5 saturated carbocycles. The van der Waals surface area contributed by atoms with Crippen LogP contribution >= 0.6 is 0 Å². The number of benzene rings is 7. The second kappa shape index (κ2) is 12.3. The van der Waals surface area contributed by atoms with E-state index >= 15 is 0 Å². The van der Waals surface area contributed by atoms with Gasteiger partial charge in [-0.3, -0.25) is 0 Å². The Kier molecular flexibility index (Phi) is 7.12. The highest BCUT2D eigenvalue weighted by Gasteiger charge is 2.61.